The molecule has 3 rings (SSSR count). The topological polar surface area (TPSA) is 0 Å². The van der Waals surface area contributed by atoms with Crippen LogP contribution in [0.1, 0.15) is 71.1 Å². The van der Waals surface area contributed by atoms with Gasteiger partial charge >= 0.3 is 0 Å². The molecule has 0 N–H and O–H groups in total. The molecule has 3 aliphatic carbocycles. The molecule has 3 fully saturated rings. The van der Waals surface area contributed by atoms with Crippen LogP contribution in [0.4, 0.5) is 0 Å². The molecule has 92 valence electrons. The summed E-state index contributed by atoms with van der Waals surface area (Å²) >= 11 is 0. The fraction of sp³-hybridized carbons (Fsp3) is 1.00. The smallest absolute Gasteiger partial charge is 0.0355 e. The van der Waals surface area contributed by atoms with Gasteiger partial charge in [0.15, 0.2) is 0 Å². The molecule has 0 saturated heterocycles. The highest BCUT2D eigenvalue weighted by atomic mass is 14.5. The van der Waals surface area contributed by atoms with Crippen molar-refractivity contribution < 1.29 is 0 Å². The third-order valence-corrected chi connectivity index (χ3v) is 5.97. The predicted octanol–water partition coefficient (Wildman–Crippen LogP) is 5.03. The standard InChI is InChI=1S/C16H28/c1-12-5-4-8-16-14(11-12)10-9-13-6-2-3-7-15(13)16/h12-16H,2-11H2,1H3. The zero-order valence-electron chi connectivity index (χ0n) is 11.0. The van der Waals surface area contributed by atoms with Gasteiger partial charge in [-0.2, -0.15) is 0 Å². The highest BCUT2D eigenvalue weighted by molar-refractivity contribution is 4.91. The van der Waals surface area contributed by atoms with Crippen molar-refractivity contribution in [3.8, 4) is 0 Å². The van der Waals surface area contributed by atoms with Crippen LogP contribution >= 0.6 is 0 Å². The maximum Gasteiger partial charge on any atom is -0.0355 e. The first kappa shape index (κ1) is 11.1. The van der Waals surface area contributed by atoms with Gasteiger partial charge in [0.1, 0.15) is 0 Å². The van der Waals surface area contributed by atoms with E-state index in [9.17, 15) is 0 Å². The van der Waals surface area contributed by atoms with Crippen LogP contribution in [0.25, 0.3) is 0 Å². The minimum atomic E-state index is 1.02. The molecular weight excluding hydrogens is 192 g/mol. The van der Waals surface area contributed by atoms with Crippen LogP contribution in [0.15, 0.2) is 0 Å². The Morgan fingerprint density at radius 3 is 2.25 bits per heavy atom. The van der Waals surface area contributed by atoms with E-state index in [0.29, 0.717) is 0 Å². The first-order valence-electron chi connectivity index (χ1n) is 7.84. The number of fused-ring (bicyclic) bond motifs is 3. The monoisotopic (exact) mass is 220 g/mol. The second kappa shape index (κ2) is 4.70. The van der Waals surface area contributed by atoms with Crippen molar-refractivity contribution in [1.29, 1.82) is 0 Å². The van der Waals surface area contributed by atoms with Crippen LogP contribution in [-0.4, -0.2) is 0 Å². The lowest BCUT2D eigenvalue weighted by Gasteiger charge is -2.45. The lowest BCUT2D eigenvalue weighted by atomic mass is 9.60. The van der Waals surface area contributed by atoms with Crippen molar-refractivity contribution in [3.05, 3.63) is 0 Å². The van der Waals surface area contributed by atoms with Crippen molar-refractivity contribution in [1.82, 2.24) is 0 Å². The lowest BCUT2D eigenvalue weighted by molar-refractivity contribution is 0.0470. The fourth-order valence-corrected chi connectivity index (χ4v) is 5.23. The van der Waals surface area contributed by atoms with Gasteiger partial charge in [0.2, 0.25) is 0 Å². The van der Waals surface area contributed by atoms with Crippen LogP contribution in [0.2, 0.25) is 0 Å². The van der Waals surface area contributed by atoms with E-state index >= 15 is 0 Å². The lowest BCUT2D eigenvalue weighted by Crippen LogP contribution is -2.36. The first-order valence-corrected chi connectivity index (χ1v) is 7.84. The summed E-state index contributed by atoms with van der Waals surface area (Å²) in [6.45, 7) is 2.50. The molecule has 0 heterocycles. The molecule has 0 spiro atoms. The summed E-state index contributed by atoms with van der Waals surface area (Å²) in [6.07, 6.45) is 15.6. The Bertz CT molecular complexity index is 232. The molecule has 0 heteroatoms. The fourth-order valence-electron chi connectivity index (χ4n) is 5.23. The van der Waals surface area contributed by atoms with E-state index in [2.05, 4.69) is 6.92 Å². The van der Waals surface area contributed by atoms with E-state index in [1.54, 1.807) is 44.9 Å². The summed E-state index contributed by atoms with van der Waals surface area (Å²) in [4.78, 5) is 0. The molecule has 0 aromatic carbocycles. The summed E-state index contributed by atoms with van der Waals surface area (Å²) in [5, 5.41) is 0. The largest absolute Gasteiger partial charge is 0.0625 e. The Labute approximate surface area is 101 Å². The predicted molar refractivity (Wildman–Crippen MR) is 69.3 cm³/mol. The third kappa shape index (κ3) is 2.05. The molecule has 0 aliphatic heterocycles. The van der Waals surface area contributed by atoms with E-state index in [4.69, 9.17) is 0 Å². The molecular formula is C16H28. The molecule has 0 bridgehead atoms. The molecule has 0 nitrogen and oxygen atoms in total. The summed E-state index contributed by atoms with van der Waals surface area (Å²) in [5.74, 6) is 5.58. The van der Waals surface area contributed by atoms with Gasteiger partial charge in [0.25, 0.3) is 0 Å². The van der Waals surface area contributed by atoms with E-state index in [1.165, 1.54) is 19.3 Å². The van der Waals surface area contributed by atoms with Crippen molar-refractivity contribution in [2.45, 2.75) is 71.1 Å². The van der Waals surface area contributed by atoms with Gasteiger partial charge in [-0.25, -0.2) is 0 Å². The highest BCUT2D eigenvalue weighted by Gasteiger charge is 2.40. The molecule has 5 unspecified atom stereocenters. The summed E-state index contributed by atoms with van der Waals surface area (Å²) in [6, 6.07) is 0. The zero-order valence-corrected chi connectivity index (χ0v) is 11.0. The second-order valence-electron chi connectivity index (χ2n) is 6.98. The van der Waals surface area contributed by atoms with Gasteiger partial charge in [-0.1, -0.05) is 39.0 Å². The van der Waals surface area contributed by atoms with E-state index in [-0.39, 0.29) is 0 Å². The average molecular weight is 220 g/mol. The Hall–Kier alpha value is 0. The molecule has 16 heavy (non-hydrogen) atoms. The number of hydrogen-bond donors (Lipinski definition) is 0. The Kier molecular flexibility index (Phi) is 3.27. The van der Waals surface area contributed by atoms with Crippen molar-refractivity contribution in [2.24, 2.45) is 29.6 Å². The third-order valence-electron chi connectivity index (χ3n) is 5.97. The van der Waals surface area contributed by atoms with Crippen LogP contribution in [0.5, 0.6) is 0 Å². The average Bonchev–Trinajstić information content (AvgIpc) is 2.50. The van der Waals surface area contributed by atoms with Crippen molar-refractivity contribution >= 4 is 0 Å². The summed E-state index contributed by atoms with van der Waals surface area (Å²) in [7, 11) is 0. The zero-order chi connectivity index (χ0) is 11.0. The highest BCUT2D eigenvalue weighted by Crippen LogP contribution is 2.51. The minimum Gasteiger partial charge on any atom is -0.0625 e. The van der Waals surface area contributed by atoms with Gasteiger partial charge in [0.05, 0.1) is 0 Å². The quantitative estimate of drug-likeness (QED) is 0.537. The molecule has 0 amide bonds. The van der Waals surface area contributed by atoms with Gasteiger partial charge in [-0.15, -0.1) is 0 Å². The van der Waals surface area contributed by atoms with E-state index < -0.39 is 0 Å². The molecule has 3 aliphatic rings. The second-order valence-corrected chi connectivity index (χ2v) is 6.98. The number of rotatable bonds is 0. The summed E-state index contributed by atoms with van der Waals surface area (Å²) < 4.78 is 0. The molecule has 0 radical (unpaired) electrons. The molecule has 3 saturated carbocycles. The SMILES string of the molecule is CC1CCCC2C(CCC3CCCCC32)C1. The number of hydrogen-bond acceptors (Lipinski definition) is 0. The van der Waals surface area contributed by atoms with Gasteiger partial charge in [-0.05, 0) is 61.7 Å². The Balaban J connectivity index is 1.74. The normalized spacial score (nSPS) is 48.9. The van der Waals surface area contributed by atoms with Gasteiger partial charge < -0.3 is 0 Å². The van der Waals surface area contributed by atoms with Crippen LogP contribution in [0, 0.1) is 29.6 Å². The first-order chi connectivity index (χ1) is 7.84. The molecule has 0 aromatic rings. The van der Waals surface area contributed by atoms with Crippen LogP contribution in [-0.2, 0) is 0 Å². The van der Waals surface area contributed by atoms with Gasteiger partial charge in [-0.3, -0.25) is 0 Å². The van der Waals surface area contributed by atoms with Gasteiger partial charge in [0, 0.05) is 0 Å². The van der Waals surface area contributed by atoms with Crippen molar-refractivity contribution in [2.75, 3.05) is 0 Å². The maximum atomic E-state index is 2.50. The Morgan fingerprint density at radius 1 is 0.625 bits per heavy atom. The molecule has 0 aromatic heterocycles. The van der Waals surface area contributed by atoms with E-state index in [1.807, 2.05) is 0 Å². The Morgan fingerprint density at radius 2 is 1.31 bits per heavy atom. The minimum absolute atomic E-state index is 1.02. The van der Waals surface area contributed by atoms with Crippen LogP contribution in [0.3, 0.4) is 0 Å². The summed E-state index contributed by atoms with van der Waals surface area (Å²) in [5.41, 5.74) is 0. The maximum absolute atomic E-state index is 2.50. The van der Waals surface area contributed by atoms with Crippen LogP contribution < -0.4 is 0 Å². The van der Waals surface area contributed by atoms with E-state index in [0.717, 1.165) is 29.6 Å². The molecule has 5 atom stereocenters. The van der Waals surface area contributed by atoms with Crippen molar-refractivity contribution in [3.63, 3.8) is 0 Å².